The van der Waals surface area contributed by atoms with E-state index in [4.69, 9.17) is 4.18 Å². The summed E-state index contributed by atoms with van der Waals surface area (Å²) in [6.07, 6.45) is 0.841. The average Bonchev–Trinajstić information content (AvgIpc) is 2.66. The van der Waals surface area contributed by atoms with Crippen LogP contribution in [0.3, 0.4) is 0 Å². The van der Waals surface area contributed by atoms with E-state index in [2.05, 4.69) is 6.92 Å². The molecule has 0 unspecified atom stereocenters. The zero-order valence-electron chi connectivity index (χ0n) is 16.3. The van der Waals surface area contributed by atoms with Crippen LogP contribution in [0.2, 0.25) is 0 Å². The molecule has 0 aliphatic rings. The zero-order chi connectivity index (χ0) is 20.0. The van der Waals surface area contributed by atoms with Gasteiger partial charge in [-0.2, -0.15) is 8.42 Å². The van der Waals surface area contributed by atoms with Gasteiger partial charge in [-0.3, -0.25) is 4.79 Å². The van der Waals surface area contributed by atoms with E-state index in [-0.39, 0.29) is 23.5 Å². The summed E-state index contributed by atoms with van der Waals surface area (Å²) in [6.45, 7) is 7.99. The van der Waals surface area contributed by atoms with Crippen molar-refractivity contribution >= 4 is 16.0 Å². The van der Waals surface area contributed by atoms with Crippen molar-refractivity contribution in [2.45, 2.75) is 46.7 Å². The Bertz CT molecular complexity index is 875. The fourth-order valence-electron chi connectivity index (χ4n) is 2.67. The van der Waals surface area contributed by atoms with Gasteiger partial charge in [-0.15, -0.1) is 0 Å². The second kappa shape index (κ2) is 9.04. The normalized spacial score (nSPS) is 12.4. The van der Waals surface area contributed by atoms with Gasteiger partial charge in [0.1, 0.15) is 5.75 Å². The third kappa shape index (κ3) is 5.57. The first kappa shape index (κ1) is 21.0. The first-order valence-electron chi connectivity index (χ1n) is 9.15. The van der Waals surface area contributed by atoms with E-state index in [1.54, 1.807) is 24.3 Å². The molecule has 2 rings (SSSR count). The molecule has 2 aromatic carbocycles. The maximum Gasteiger partial charge on any atom is 0.308 e. The standard InChI is InChI=1S/C21H27NO4S/c1-5-17(4)22(21(23)20-10-8-7-9-16(20)3)15-18-11-13-19(14-12-18)26-27(24,25)6-2/h7-14,17H,5-6,15H2,1-4H3/t17-/m0/s1. The Kier molecular flexibility index (Phi) is 7.02. The number of rotatable bonds is 8. The summed E-state index contributed by atoms with van der Waals surface area (Å²) in [6, 6.07) is 14.5. The Labute approximate surface area is 162 Å². The summed E-state index contributed by atoms with van der Waals surface area (Å²) in [5, 5.41) is 0. The molecule has 6 heteroatoms. The summed E-state index contributed by atoms with van der Waals surface area (Å²) in [5.74, 6) is 0.193. The molecule has 0 saturated heterocycles. The first-order valence-corrected chi connectivity index (χ1v) is 10.7. The van der Waals surface area contributed by atoms with Gasteiger partial charge in [0.15, 0.2) is 0 Å². The highest BCUT2D eigenvalue weighted by Crippen LogP contribution is 2.20. The molecule has 27 heavy (non-hydrogen) atoms. The van der Waals surface area contributed by atoms with Crippen LogP contribution in [0.4, 0.5) is 0 Å². The summed E-state index contributed by atoms with van der Waals surface area (Å²) in [4.78, 5) is 14.9. The molecule has 2 aromatic rings. The molecule has 1 atom stereocenters. The minimum absolute atomic E-state index is 0.00339. The molecule has 0 aliphatic carbocycles. The molecule has 0 fully saturated rings. The maximum absolute atomic E-state index is 13.1. The van der Waals surface area contributed by atoms with Crippen LogP contribution in [0, 0.1) is 6.92 Å². The molecule has 0 saturated carbocycles. The van der Waals surface area contributed by atoms with Crippen LogP contribution in [0.1, 0.15) is 48.7 Å². The Hall–Kier alpha value is -2.34. The highest BCUT2D eigenvalue weighted by molar-refractivity contribution is 7.87. The number of nitrogens with zero attached hydrogens (tertiary/aromatic N) is 1. The Morgan fingerprint density at radius 3 is 2.26 bits per heavy atom. The Morgan fingerprint density at radius 2 is 1.70 bits per heavy atom. The quantitative estimate of drug-likeness (QED) is 0.636. The van der Waals surface area contributed by atoms with Crippen LogP contribution in [-0.2, 0) is 16.7 Å². The van der Waals surface area contributed by atoms with Crippen molar-refractivity contribution in [2.75, 3.05) is 5.75 Å². The lowest BCUT2D eigenvalue weighted by Gasteiger charge is -2.29. The van der Waals surface area contributed by atoms with Crippen molar-refractivity contribution in [2.24, 2.45) is 0 Å². The summed E-state index contributed by atoms with van der Waals surface area (Å²) in [7, 11) is -3.54. The van der Waals surface area contributed by atoms with E-state index in [1.807, 2.05) is 43.0 Å². The lowest BCUT2D eigenvalue weighted by Crippen LogP contribution is -2.38. The molecule has 146 valence electrons. The average molecular weight is 390 g/mol. The van der Waals surface area contributed by atoms with E-state index in [9.17, 15) is 13.2 Å². The highest BCUT2D eigenvalue weighted by atomic mass is 32.2. The predicted molar refractivity (Wildman–Crippen MR) is 107 cm³/mol. The maximum atomic E-state index is 13.1. The topological polar surface area (TPSA) is 63.7 Å². The third-order valence-electron chi connectivity index (χ3n) is 4.61. The fourth-order valence-corrected chi connectivity index (χ4v) is 3.19. The smallest absolute Gasteiger partial charge is 0.308 e. The van der Waals surface area contributed by atoms with Crippen molar-refractivity contribution in [3.05, 3.63) is 65.2 Å². The van der Waals surface area contributed by atoms with Gasteiger partial charge in [-0.1, -0.05) is 37.3 Å². The molecular weight excluding hydrogens is 362 g/mol. The monoisotopic (exact) mass is 389 g/mol. The molecule has 5 nitrogen and oxygen atoms in total. The van der Waals surface area contributed by atoms with Gasteiger partial charge in [0.05, 0.1) is 5.75 Å². The second-order valence-electron chi connectivity index (χ2n) is 6.58. The third-order valence-corrected chi connectivity index (χ3v) is 5.77. The lowest BCUT2D eigenvalue weighted by atomic mass is 10.1. The van der Waals surface area contributed by atoms with E-state index in [0.717, 1.165) is 17.5 Å². The number of amides is 1. The summed E-state index contributed by atoms with van der Waals surface area (Å²) < 4.78 is 28.1. The van der Waals surface area contributed by atoms with Gasteiger partial charge in [0.2, 0.25) is 0 Å². The van der Waals surface area contributed by atoms with Gasteiger partial charge in [-0.05, 0) is 56.5 Å². The largest absolute Gasteiger partial charge is 0.382 e. The predicted octanol–water partition coefficient (Wildman–Crippen LogP) is 4.16. The molecule has 0 bridgehead atoms. The molecule has 0 N–H and O–H groups in total. The van der Waals surface area contributed by atoms with Crippen molar-refractivity contribution in [3.8, 4) is 5.75 Å². The minimum atomic E-state index is -3.54. The molecule has 0 spiro atoms. The van der Waals surface area contributed by atoms with Gasteiger partial charge >= 0.3 is 10.1 Å². The number of aryl methyl sites for hydroxylation is 1. The number of benzene rings is 2. The summed E-state index contributed by atoms with van der Waals surface area (Å²) in [5.41, 5.74) is 2.56. The number of hydrogen-bond acceptors (Lipinski definition) is 4. The van der Waals surface area contributed by atoms with E-state index in [1.165, 1.54) is 6.92 Å². The van der Waals surface area contributed by atoms with Crippen molar-refractivity contribution in [1.82, 2.24) is 4.90 Å². The van der Waals surface area contributed by atoms with Crippen molar-refractivity contribution in [3.63, 3.8) is 0 Å². The van der Waals surface area contributed by atoms with Crippen LogP contribution in [0.5, 0.6) is 5.75 Å². The van der Waals surface area contributed by atoms with Crippen molar-refractivity contribution in [1.29, 1.82) is 0 Å². The van der Waals surface area contributed by atoms with Crippen molar-refractivity contribution < 1.29 is 17.4 Å². The SMILES string of the molecule is CC[C@H](C)N(Cc1ccc(OS(=O)(=O)CC)cc1)C(=O)c1ccccc1C. The van der Waals surface area contributed by atoms with Crippen LogP contribution in [0.15, 0.2) is 48.5 Å². The second-order valence-corrected chi connectivity index (χ2v) is 8.44. The van der Waals surface area contributed by atoms with Crippen LogP contribution >= 0.6 is 0 Å². The van der Waals surface area contributed by atoms with E-state index < -0.39 is 10.1 Å². The molecular formula is C21H27NO4S. The molecule has 0 aromatic heterocycles. The fraction of sp³-hybridized carbons (Fsp3) is 0.381. The van der Waals surface area contributed by atoms with Crippen LogP contribution < -0.4 is 4.18 Å². The van der Waals surface area contributed by atoms with E-state index >= 15 is 0 Å². The lowest BCUT2D eigenvalue weighted by molar-refractivity contribution is 0.0671. The highest BCUT2D eigenvalue weighted by Gasteiger charge is 2.22. The summed E-state index contributed by atoms with van der Waals surface area (Å²) >= 11 is 0. The molecule has 0 heterocycles. The first-order chi connectivity index (χ1) is 12.8. The van der Waals surface area contributed by atoms with Gasteiger partial charge in [0, 0.05) is 18.2 Å². The van der Waals surface area contributed by atoms with Gasteiger partial charge in [0.25, 0.3) is 5.91 Å². The minimum Gasteiger partial charge on any atom is -0.382 e. The molecule has 0 radical (unpaired) electrons. The number of carbonyl (C=O) groups excluding carboxylic acids is 1. The van der Waals surface area contributed by atoms with Gasteiger partial charge < -0.3 is 9.08 Å². The van der Waals surface area contributed by atoms with Crippen LogP contribution in [0.25, 0.3) is 0 Å². The number of carbonyl (C=O) groups is 1. The Morgan fingerprint density at radius 1 is 1.07 bits per heavy atom. The number of hydrogen-bond donors (Lipinski definition) is 0. The molecule has 1 amide bonds. The van der Waals surface area contributed by atoms with Gasteiger partial charge in [-0.25, -0.2) is 0 Å². The molecule has 0 aliphatic heterocycles. The zero-order valence-corrected chi connectivity index (χ0v) is 17.1. The van der Waals surface area contributed by atoms with E-state index in [0.29, 0.717) is 12.1 Å². The Balaban J connectivity index is 2.22. The van der Waals surface area contributed by atoms with Crippen LogP contribution in [-0.4, -0.2) is 31.0 Å².